The molecular weight excluding hydrogens is 849 g/mol. The maximum Gasteiger partial charge on any atom is 0.308 e. The molecule has 0 saturated heterocycles. The molecule has 0 N–H and O–H groups in total. The fourth-order valence-corrected chi connectivity index (χ4v) is 2.51. The molecule has 0 aromatic rings. The fourth-order valence-electron chi connectivity index (χ4n) is 1.63. The highest BCUT2D eigenvalue weighted by Crippen LogP contribution is 1.92. The molecule has 0 rings (SSSR count). The lowest BCUT2D eigenvalue weighted by atomic mass is 10.5. The van der Waals surface area contributed by atoms with Crippen LogP contribution in [0.25, 0.3) is 0 Å². The molecule has 0 atom stereocenters. The highest BCUT2D eigenvalue weighted by atomic mass is 32.2. The van der Waals surface area contributed by atoms with Crippen LogP contribution < -0.4 is 0 Å². The highest BCUT2D eigenvalue weighted by Gasteiger charge is 2.07. The molecule has 0 aliphatic carbocycles. The van der Waals surface area contributed by atoms with E-state index in [4.69, 9.17) is 4.74 Å². The third kappa shape index (κ3) is 99.7. The molecule has 0 fully saturated rings. The number of esters is 7. The Morgan fingerprint density at radius 3 is 0.950 bits per heavy atom. The summed E-state index contributed by atoms with van der Waals surface area (Å²) in [4.78, 5) is 70.6. The molecule has 0 aliphatic heterocycles. The quantitative estimate of drug-likeness (QED) is 0.0617. The second kappa shape index (κ2) is 57.1. The molecule has 0 bridgehead atoms. The second-order valence-electron chi connectivity index (χ2n) is 9.43. The first-order valence-electron chi connectivity index (χ1n) is 18.6. The number of methoxy groups -OCH3 is 2. The standard InChI is InChI=1S/C6H10O4.C5H10O5S.C5H10O3.C5H10O2.C4H10O3S.2C4H8O2.C3H8O/c1-3-6(8)10-4-9-5(2)7;1-3-11(7,8)10-4-9-5(2)6;1-3-7-4-8-5(2)6;1-3-5(6)7-4-2;1-3-7-8(5,6)4-2;1-3-4(5)6-2;1-3-6-4(2)5;1-3-4-2/h3-4H2,1-2H3;3-4H2,1-2H3;3-4H2,1-2H3;3-4H2,1-2H3;3-4H2,1-2H3;2*3H2,1-2H3;3H2,1-2H3. The van der Waals surface area contributed by atoms with Crippen LogP contribution in [0.5, 0.6) is 0 Å². The number of ether oxygens (including phenoxy) is 9. The van der Waals surface area contributed by atoms with E-state index < -0.39 is 39.0 Å². The Labute approximate surface area is 358 Å². The zero-order valence-electron chi connectivity index (χ0n) is 38.5. The Hall–Kier alpha value is -3.97. The molecule has 60 heavy (non-hydrogen) atoms. The SMILES string of the molecule is CCC(=O)OC.CCC(=O)OCOC(C)=O.CCOC.CCOC(=O)CC.CCOC(C)=O.CCOCOC(C)=O.CCOS(=O)(=O)CC.CCS(=O)(=O)OCOC(C)=O. The molecule has 0 amide bonds. The van der Waals surface area contributed by atoms with Gasteiger partial charge in [-0.3, -0.25) is 37.7 Å². The van der Waals surface area contributed by atoms with Gasteiger partial charge in [-0.2, -0.15) is 16.8 Å². The Kier molecular flexibility index (Phi) is 70.0. The molecule has 0 aromatic carbocycles. The Balaban J connectivity index is -0.0000000871. The van der Waals surface area contributed by atoms with Crippen molar-refractivity contribution in [3.63, 3.8) is 0 Å². The molecule has 0 radical (unpaired) electrons. The second-order valence-corrected chi connectivity index (χ2v) is 13.3. The third-order valence-corrected chi connectivity index (χ3v) is 7.03. The predicted octanol–water partition coefficient (Wildman–Crippen LogP) is 4.00. The molecular formula is C36H74O22S2. The maximum absolute atomic E-state index is 10.6. The van der Waals surface area contributed by atoms with Crippen LogP contribution in [0, 0.1) is 0 Å². The van der Waals surface area contributed by atoms with Gasteiger partial charge in [0.1, 0.15) is 0 Å². The van der Waals surface area contributed by atoms with Crippen molar-refractivity contribution in [1.29, 1.82) is 0 Å². The van der Waals surface area contributed by atoms with Gasteiger partial charge in [-0.05, 0) is 48.5 Å². The minimum absolute atomic E-state index is 0.0564. The molecule has 362 valence electrons. The molecule has 24 heteroatoms. The average molecular weight is 923 g/mol. The van der Waals surface area contributed by atoms with Gasteiger partial charge in [-0.15, -0.1) is 0 Å². The summed E-state index contributed by atoms with van der Waals surface area (Å²) < 4.78 is 90.3. The predicted molar refractivity (Wildman–Crippen MR) is 219 cm³/mol. The van der Waals surface area contributed by atoms with Crippen LogP contribution in [0.4, 0.5) is 0 Å². The van der Waals surface area contributed by atoms with E-state index in [1.54, 1.807) is 55.6 Å². The summed E-state index contributed by atoms with van der Waals surface area (Å²) in [7, 11) is -3.60. The van der Waals surface area contributed by atoms with Gasteiger partial charge in [-0.25, -0.2) is 4.18 Å². The van der Waals surface area contributed by atoms with Gasteiger partial charge in [0.05, 0.1) is 38.4 Å². The third-order valence-electron chi connectivity index (χ3n) is 4.56. The molecule has 22 nitrogen and oxygen atoms in total. The van der Waals surface area contributed by atoms with E-state index in [0.29, 0.717) is 39.1 Å². The van der Waals surface area contributed by atoms with E-state index in [-0.39, 0.29) is 61.5 Å². The lowest BCUT2D eigenvalue weighted by Crippen LogP contribution is -2.12. The van der Waals surface area contributed by atoms with E-state index in [1.807, 2.05) is 13.8 Å². The van der Waals surface area contributed by atoms with Crippen LogP contribution in [-0.4, -0.2) is 138 Å². The Morgan fingerprint density at radius 1 is 0.383 bits per heavy atom. The molecule has 0 aliphatic rings. The molecule has 0 saturated carbocycles. The Bertz CT molecular complexity index is 1240. The minimum atomic E-state index is -3.49. The van der Waals surface area contributed by atoms with Gasteiger partial charge in [0.15, 0.2) is 6.79 Å². The first kappa shape index (κ1) is 73.6. The van der Waals surface area contributed by atoms with Crippen molar-refractivity contribution in [2.75, 3.05) is 79.1 Å². The van der Waals surface area contributed by atoms with Gasteiger partial charge < -0.3 is 42.6 Å². The van der Waals surface area contributed by atoms with E-state index in [9.17, 15) is 50.4 Å². The number of rotatable bonds is 18. The maximum atomic E-state index is 10.6. The van der Waals surface area contributed by atoms with Crippen molar-refractivity contribution in [1.82, 2.24) is 0 Å². The summed E-state index contributed by atoms with van der Waals surface area (Å²) in [6.45, 7) is 24.2. The zero-order valence-corrected chi connectivity index (χ0v) is 40.1. The highest BCUT2D eigenvalue weighted by molar-refractivity contribution is 7.86. The fraction of sp³-hybridized carbons (Fsp3) is 0.806. The topological polar surface area (TPSA) is 289 Å². The van der Waals surface area contributed by atoms with Crippen molar-refractivity contribution in [3.05, 3.63) is 0 Å². The van der Waals surface area contributed by atoms with Gasteiger partial charge in [0.25, 0.3) is 20.2 Å². The van der Waals surface area contributed by atoms with Crippen molar-refractivity contribution in [2.24, 2.45) is 0 Å². The smallest absolute Gasteiger partial charge is 0.308 e. The first-order valence-corrected chi connectivity index (χ1v) is 21.7. The lowest BCUT2D eigenvalue weighted by Gasteiger charge is -2.01. The number of hydrogen-bond donors (Lipinski definition) is 0. The summed E-state index contributed by atoms with van der Waals surface area (Å²) >= 11 is 0. The van der Waals surface area contributed by atoms with Crippen molar-refractivity contribution >= 4 is 62.0 Å². The number of carbonyl (C=O) groups is 7. The summed E-state index contributed by atoms with van der Waals surface area (Å²) in [6.07, 6.45) is 1.24. The molecule has 0 aromatic heterocycles. The van der Waals surface area contributed by atoms with Crippen LogP contribution >= 0.6 is 0 Å². The van der Waals surface area contributed by atoms with E-state index in [0.717, 1.165) is 6.61 Å². The van der Waals surface area contributed by atoms with Gasteiger partial charge in [-0.1, -0.05) is 20.8 Å². The van der Waals surface area contributed by atoms with Crippen LogP contribution in [0.15, 0.2) is 0 Å². The molecule has 0 unspecified atom stereocenters. The van der Waals surface area contributed by atoms with Crippen LogP contribution in [0.3, 0.4) is 0 Å². The van der Waals surface area contributed by atoms with Crippen LogP contribution in [0.1, 0.15) is 116 Å². The van der Waals surface area contributed by atoms with Crippen LogP contribution in [-0.2, 0) is 105 Å². The summed E-state index contributed by atoms with van der Waals surface area (Å²) in [5, 5.41) is 0. The number of carbonyl (C=O) groups excluding carboxylic acids is 7. The first-order chi connectivity index (χ1) is 27.8. The Morgan fingerprint density at radius 2 is 0.733 bits per heavy atom. The zero-order chi connectivity index (χ0) is 49.0. The largest absolute Gasteiger partial charge is 0.469 e. The van der Waals surface area contributed by atoms with Gasteiger partial charge >= 0.3 is 41.8 Å². The summed E-state index contributed by atoms with van der Waals surface area (Å²) in [6, 6.07) is 0. The average Bonchev–Trinajstić information content (AvgIpc) is 3.18. The van der Waals surface area contributed by atoms with E-state index in [1.165, 1.54) is 41.7 Å². The van der Waals surface area contributed by atoms with Crippen molar-refractivity contribution < 1.29 is 101 Å². The molecule has 0 spiro atoms. The summed E-state index contributed by atoms with van der Waals surface area (Å²) in [5.74, 6) is -2.27. The van der Waals surface area contributed by atoms with Gasteiger partial charge in [0, 0.05) is 67.3 Å². The van der Waals surface area contributed by atoms with Crippen molar-refractivity contribution in [2.45, 2.75) is 116 Å². The van der Waals surface area contributed by atoms with Crippen molar-refractivity contribution in [3.8, 4) is 0 Å². The minimum Gasteiger partial charge on any atom is -0.469 e. The lowest BCUT2D eigenvalue weighted by molar-refractivity contribution is -0.165. The summed E-state index contributed by atoms with van der Waals surface area (Å²) in [5.41, 5.74) is 0. The van der Waals surface area contributed by atoms with Crippen LogP contribution in [0.2, 0.25) is 0 Å². The van der Waals surface area contributed by atoms with E-state index >= 15 is 0 Å². The normalized spacial score (nSPS) is 9.20. The van der Waals surface area contributed by atoms with E-state index in [2.05, 4.69) is 46.3 Å². The number of hydrogen-bond acceptors (Lipinski definition) is 22. The molecule has 0 heterocycles. The van der Waals surface area contributed by atoms with Gasteiger partial charge in [0.2, 0.25) is 13.6 Å². The monoisotopic (exact) mass is 922 g/mol.